The van der Waals surface area contributed by atoms with Gasteiger partial charge in [-0.1, -0.05) is 33.3 Å². The third-order valence-corrected chi connectivity index (χ3v) is 5.11. The van der Waals surface area contributed by atoms with Crippen LogP contribution in [0.4, 0.5) is 0 Å². The van der Waals surface area contributed by atoms with Gasteiger partial charge >= 0.3 is 0 Å². The molecule has 1 rings (SSSR count). The van der Waals surface area contributed by atoms with Crippen molar-refractivity contribution in [1.82, 2.24) is 0 Å². The van der Waals surface area contributed by atoms with Gasteiger partial charge in [-0.25, -0.2) is 0 Å². The van der Waals surface area contributed by atoms with E-state index < -0.39 is 16.6 Å². The first-order chi connectivity index (χ1) is 10.3. The van der Waals surface area contributed by atoms with E-state index in [0.717, 1.165) is 30.8 Å². The Kier molecular flexibility index (Phi) is 6.79. The fourth-order valence-electron chi connectivity index (χ4n) is 2.92. The Balaban J connectivity index is 3.25. The maximum absolute atomic E-state index is 6.54. The summed E-state index contributed by atoms with van der Waals surface area (Å²) < 4.78 is 13.0. The molecule has 0 fully saturated rings. The van der Waals surface area contributed by atoms with E-state index in [1.54, 1.807) is 5.57 Å². The van der Waals surface area contributed by atoms with Crippen molar-refractivity contribution >= 4 is 16.6 Å². The monoisotopic (exact) mass is 354 g/mol. The first kappa shape index (κ1) is 20.6. The quantitative estimate of drug-likeness (QED) is 0.452. The largest absolute Gasteiger partial charge is 0.544 e. The van der Waals surface area contributed by atoms with Crippen molar-refractivity contribution in [2.45, 2.75) is 86.2 Å². The number of rotatable bonds is 8. The molecule has 0 heterocycles. The van der Waals surface area contributed by atoms with Gasteiger partial charge in [-0.15, -0.1) is 0 Å². The molecule has 0 saturated carbocycles. The zero-order chi connectivity index (χ0) is 18.0. The summed E-state index contributed by atoms with van der Waals surface area (Å²) in [6.45, 7) is 22.8. The lowest BCUT2D eigenvalue weighted by Gasteiger charge is -2.27. The first-order valence-corrected chi connectivity index (χ1v) is 15.9. The SMILES string of the molecule is CC(C)CC1=C(CC(C)C)C(O[Si](C)(C)C)=C(O[Si](C)(C)C)C1. The molecule has 0 radical (unpaired) electrons. The maximum Gasteiger partial charge on any atom is 0.242 e. The van der Waals surface area contributed by atoms with Crippen LogP contribution in [0.5, 0.6) is 0 Å². The average molecular weight is 355 g/mol. The molecule has 0 aromatic heterocycles. The molecule has 2 nitrogen and oxygen atoms in total. The van der Waals surface area contributed by atoms with Crippen LogP contribution in [-0.2, 0) is 8.85 Å². The maximum atomic E-state index is 6.54. The second kappa shape index (κ2) is 7.60. The zero-order valence-electron chi connectivity index (χ0n) is 17.1. The lowest BCUT2D eigenvalue weighted by molar-refractivity contribution is 0.346. The smallest absolute Gasteiger partial charge is 0.242 e. The summed E-state index contributed by atoms with van der Waals surface area (Å²) in [5.74, 6) is 3.54. The van der Waals surface area contributed by atoms with Crippen molar-refractivity contribution in [1.29, 1.82) is 0 Å². The molecule has 0 spiro atoms. The molecule has 0 atom stereocenters. The molecule has 0 amide bonds. The summed E-state index contributed by atoms with van der Waals surface area (Å²) in [4.78, 5) is 0. The van der Waals surface area contributed by atoms with Crippen LogP contribution < -0.4 is 0 Å². The molecule has 0 aromatic rings. The topological polar surface area (TPSA) is 18.5 Å². The zero-order valence-corrected chi connectivity index (χ0v) is 19.1. The second-order valence-corrected chi connectivity index (χ2v) is 18.5. The Hall–Kier alpha value is -0.486. The minimum absolute atomic E-state index is 0.638. The lowest BCUT2D eigenvalue weighted by atomic mass is 9.94. The van der Waals surface area contributed by atoms with Crippen molar-refractivity contribution in [2.24, 2.45) is 11.8 Å². The van der Waals surface area contributed by atoms with Crippen LogP contribution in [0.3, 0.4) is 0 Å². The Bertz CT molecular complexity index is 475. The Morgan fingerprint density at radius 1 is 0.783 bits per heavy atom. The summed E-state index contributed by atoms with van der Waals surface area (Å²) in [7, 11) is -3.29. The van der Waals surface area contributed by atoms with E-state index in [-0.39, 0.29) is 0 Å². The fraction of sp³-hybridized carbons (Fsp3) is 0.789. The Morgan fingerprint density at radius 3 is 1.65 bits per heavy atom. The summed E-state index contributed by atoms with van der Waals surface area (Å²) in [5, 5.41) is 0. The van der Waals surface area contributed by atoms with Crippen LogP contribution in [-0.4, -0.2) is 16.6 Å². The molecule has 0 aromatic carbocycles. The molecule has 134 valence electrons. The van der Waals surface area contributed by atoms with E-state index in [2.05, 4.69) is 67.0 Å². The highest BCUT2D eigenvalue weighted by atomic mass is 28.4. The molecule has 1 aliphatic carbocycles. The van der Waals surface area contributed by atoms with Gasteiger partial charge in [0.05, 0.1) is 0 Å². The number of allylic oxidation sites excluding steroid dienone is 2. The van der Waals surface area contributed by atoms with Gasteiger partial charge in [0.2, 0.25) is 16.6 Å². The minimum Gasteiger partial charge on any atom is -0.544 e. The predicted molar refractivity (Wildman–Crippen MR) is 106 cm³/mol. The molecule has 0 N–H and O–H groups in total. The van der Waals surface area contributed by atoms with Crippen LogP contribution in [0.2, 0.25) is 39.3 Å². The van der Waals surface area contributed by atoms with E-state index in [1.165, 1.54) is 5.57 Å². The minimum atomic E-state index is -1.66. The van der Waals surface area contributed by atoms with Crippen LogP contribution in [0, 0.1) is 11.8 Å². The van der Waals surface area contributed by atoms with Gasteiger partial charge in [0.1, 0.15) is 11.5 Å². The highest BCUT2D eigenvalue weighted by Crippen LogP contribution is 2.42. The van der Waals surface area contributed by atoms with E-state index in [4.69, 9.17) is 8.85 Å². The Morgan fingerprint density at radius 2 is 1.26 bits per heavy atom. The molecule has 0 unspecified atom stereocenters. The molecule has 0 bridgehead atoms. The second-order valence-electron chi connectivity index (χ2n) is 9.64. The summed E-state index contributed by atoms with van der Waals surface area (Å²) >= 11 is 0. The molecule has 4 heteroatoms. The van der Waals surface area contributed by atoms with Gasteiger partial charge in [0.25, 0.3) is 0 Å². The van der Waals surface area contributed by atoms with Gasteiger partial charge < -0.3 is 8.85 Å². The third-order valence-electron chi connectivity index (χ3n) is 3.43. The van der Waals surface area contributed by atoms with Crippen molar-refractivity contribution in [2.75, 3.05) is 0 Å². The van der Waals surface area contributed by atoms with Crippen LogP contribution in [0.25, 0.3) is 0 Å². The van der Waals surface area contributed by atoms with Gasteiger partial charge in [0.15, 0.2) is 0 Å². The van der Waals surface area contributed by atoms with Gasteiger partial charge in [-0.3, -0.25) is 0 Å². The molecular weight excluding hydrogens is 316 g/mol. The average Bonchev–Trinajstić information content (AvgIpc) is 2.52. The van der Waals surface area contributed by atoms with Gasteiger partial charge in [-0.2, -0.15) is 0 Å². The normalized spacial score (nSPS) is 16.9. The van der Waals surface area contributed by atoms with E-state index in [9.17, 15) is 0 Å². The molecule has 23 heavy (non-hydrogen) atoms. The highest BCUT2D eigenvalue weighted by molar-refractivity contribution is 6.70. The van der Waals surface area contributed by atoms with Crippen molar-refractivity contribution in [3.05, 3.63) is 22.7 Å². The van der Waals surface area contributed by atoms with E-state index in [0.29, 0.717) is 11.8 Å². The predicted octanol–water partition coefficient (Wildman–Crippen LogP) is 6.69. The summed E-state index contributed by atoms with van der Waals surface area (Å²) in [5.41, 5.74) is 3.00. The van der Waals surface area contributed by atoms with Gasteiger partial charge in [-0.05, 0) is 69.5 Å². The van der Waals surface area contributed by atoms with Crippen molar-refractivity contribution in [3.63, 3.8) is 0 Å². The summed E-state index contributed by atoms with van der Waals surface area (Å²) in [6, 6.07) is 0. The van der Waals surface area contributed by atoms with Crippen molar-refractivity contribution in [3.8, 4) is 0 Å². The fourth-order valence-corrected chi connectivity index (χ4v) is 4.67. The van der Waals surface area contributed by atoms with Crippen LogP contribution in [0.15, 0.2) is 22.7 Å². The highest BCUT2D eigenvalue weighted by Gasteiger charge is 2.33. The third kappa shape index (κ3) is 7.29. The van der Waals surface area contributed by atoms with E-state index in [1.807, 2.05) is 0 Å². The van der Waals surface area contributed by atoms with Crippen molar-refractivity contribution < 1.29 is 8.85 Å². The van der Waals surface area contributed by atoms with Crippen LogP contribution in [0.1, 0.15) is 47.0 Å². The van der Waals surface area contributed by atoms with Crippen LogP contribution >= 0.6 is 0 Å². The first-order valence-electron chi connectivity index (χ1n) is 9.11. The number of hydrogen-bond donors (Lipinski definition) is 0. The number of hydrogen-bond acceptors (Lipinski definition) is 2. The lowest BCUT2D eigenvalue weighted by Crippen LogP contribution is -2.28. The molecule has 0 aliphatic heterocycles. The molecular formula is C19H38O2Si2. The van der Waals surface area contributed by atoms with E-state index >= 15 is 0 Å². The summed E-state index contributed by atoms with van der Waals surface area (Å²) in [6.07, 6.45) is 3.21. The molecule has 1 aliphatic rings. The standard InChI is InChI=1S/C19H38O2Si2/c1-14(2)11-16-13-18(20-22(5,6)7)19(21-23(8,9)10)17(16)12-15(3)4/h14-15H,11-13H2,1-10H3. The Labute approximate surface area is 146 Å². The van der Waals surface area contributed by atoms with Gasteiger partial charge in [0, 0.05) is 6.42 Å². The molecule has 0 saturated heterocycles.